The van der Waals surface area contributed by atoms with Gasteiger partial charge in [-0.1, -0.05) is 84.9 Å². The van der Waals surface area contributed by atoms with E-state index < -0.39 is 292 Å². The number of rotatable bonds is 60. The van der Waals surface area contributed by atoms with Gasteiger partial charge in [0.15, 0.2) is 0 Å². The number of phenolic OH excluding ortho intramolecular Hbond substituents is 2. The van der Waals surface area contributed by atoms with Crippen LogP contribution in [-0.2, 0) is 126 Å². The third-order valence-electron chi connectivity index (χ3n) is 21.0. The second-order valence-electron chi connectivity index (χ2n) is 31.7. The van der Waals surface area contributed by atoms with Gasteiger partial charge in [-0.2, -0.15) is 11.8 Å². The number of hydrogen-bond donors (Lipinski definition) is 25. The number of carboxylic acid groups (broad SMARTS) is 3. The van der Waals surface area contributed by atoms with Crippen LogP contribution in [0.15, 0.2) is 109 Å². The number of nitrogens with zero attached hydrogens (tertiary/aromatic N) is 1. The number of phenols is 2. The van der Waals surface area contributed by atoms with Crippen molar-refractivity contribution < 1.29 is 131 Å². The van der Waals surface area contributed by atoms with Crippen LogP contribution in [0, 0.1) is 0 Å². The molecule has 1 fully saturated rings. The number of likely N-dealkylation sites (tertiary alicyclic amines) is 1. The molecule has 15 atom stereocenters. The van der Waals surface area contributed by atoms with Gasteiger partial charge in [0, 0.05) is 57.9 Å². The zero-order chi connectivity index (χ0) is 99.4. The highest BCUT2D eigenvalue weighted by Crippen LogP contribution is 2.23. The first-order valence-corrected chi connectivity index (χ1v) is 44.1. The maximum absolute atomic E-state index is 15.2. The van der Waals surface area contributed by atoms with Gasteiger partial charge in [-0.3, -0.25) is 95.9 Å². The van der Waals surface area contributed by atoms with E-state index >= 15 is 19.2 Å². The first kappa shape index (κ1) is 110. The molecule has 1 unspecified atom stereocenters. The Hall–Kier alpha value is -14.4. The van der Waals surface area contributed by atoms with Crippen LogP contribution in [0.2, 0.25) is 0 Å². The van der Waals surface area contributed by atoms with Crippen LogP contribution in [0.3, 0.4) is 0 Å². The van der Waals surface area contributed by atoms with E-state index in [1.165, 1.54) is 60.3 Å². The second-order valence-corrected chi connectivity index (χ2v) is 32.6. The smallest absolute Gasteiger partial charge is 0.326 e. The molecule has 1 aliphatic heterocycles. The lowest BCUT2D eigenvalue weighted by molar-refractivity contribution is -0.144. The number of amides is 18. The summed E-state index contributed by atoms with van der Waals surface area (Å²) >= 11 is 1.18. The minimum absolute atomic E-state index is 0.0689. The number of thioether (sulfide) groups is 1. The van der Waals surface area contributed by atoms with Crippen molar-refractivity contribution in [2.45, 2.75) is 226 Å². The normalized spacial score (nSPS) is 15.3. The number of carboxylic acids is 3. The monoisotopic (exact) mass is 1890 g/mol. The quantitative estimate of drug-likeness (QED) is 0.0183. The molecule has 4 aromatic rings. The molecule has 1 aliphatic rings. The molecule has 0 saturated carbocycles. The van der Waals surface area contributed by atoms with Gasteiger partial charge in [0.05, 0.1) is 25.5 Å². The number of nitrogens with one attached hydrogen (secondary N) is 13. The molecule has 48 heteroatoms. The van der Waals surface area contributed by atoms with Crippen LogP contribution >= 0.6 is 11.8 Å². The average molecular weight is 1900 g/mol. The Morgan fingerprint density at radius 1 is 0.381 bits per heavy atom. The Balaban J connectivity index is 1.45. The summed E-state index contributed by atoms with van der Waals surface area (Å²) in [5.74, 6) is -24.8. The van der Waals surface area contributed by atoms with E-state index in [-0.39, 0.29) is 93.7 Å². The van der Waals surface area contributed by atoms with Crippen LogP contribution in [0.25, 0.3) is 0 Å². The number of aromatic hydroxyl groups is 2. The Labute approximate surface area is 772 Å². The van der Waals surface area contributed by atoms with E-state index in [4.69, 9.17) is 34.4 Å². The zero-order valence-corrected chi connectivity index (χ0v) is 74.4. The van der Waals surface area contributed by atoms with Crippen molar-refractivity contribution in [1.82, 2.24) is 74.0 Å². The van der Waals surface area contributed by atoms with Crippen molar-refractivity contribution in [2.75, 3.05) is 31.6 Å². The summed E-state index contributed by atoms with van der Waals surface area (Å²) < 4.78 is 0. The fraction of sp³-hybridized carbons (Fsp3) is 0.477. The van der Waals surface area contributed by atoms with Crippen LogP contribution in [0.4, 0.5) is 0 Å². The second kappa shape index (κ2) is 56.3. The fourth-order valence-electron chi connectivity index (χ4n) is 13.9. The molecule has 31 N–H and O–H groups in total. The van der Waals surface area contributed by atoms with Crippen LogP contribution in [-0.4, -0.2) is 282 Å². The lowest BCUT2D eigenvalue weighted by atomic mass is 10.0. The maximum Gasteiger partial charge on any atom is 0.326 e. The molecule has 730 valence electrons. The number of aliphatic carboxylic acids is 3. The SMILES string of the molecule is CSCC[C@H](NC(=O)[C@H](CCC(N)=O)NC(=O)[C@H](CCC(=O)O)NC(=O)[C@H](Cc1ccccc1)NC(=O)[C@H](Cc1ccccc1)NC(=O)[C@H](CCCCN)NC(=O)[C@H](Cc1ccc(O)cc1)NC(=O)[C@@H](NC(=O)[C@@H]1CCCN1C(=O)[C@H](CC(N)=O)NC(=O)[C@H](CCC(=O)O)NC(=O)[C@H](Cc1ccc(O)cc1)NC(=O)CN)C(C)O)C(=O)N[C@@H](CCC(N)=O)C(=O)N[C@@H](CC(N)=O)C(=O)O. The van der Waals surface area contributed by atoms with Crippen LogP contribution < -0.4 is 104 Å². The summed E-state index contributed by atoms with van der Waals surface area (Å²) in [5.41, 5.74) is 34.5. The van der Waals surface area contributed by atoms with Gasteiger partial charge < -0.3 is 139 Å². The molecular weight excluding hydrogens is 1780 g/mol. The van der Waals surface area contributed by atoms with E-state index in [0.717, 1.165) is 11.8 Å². The van der Waals surface area contributed by atoms with Gasteiger partial charge in [-0.25, -0.2) is 4.79 Å². The Morgan fingerprint density at radius 2 is 0.701 bits per heavy atom. The molecule has 47 nitrogen and oxygen atoms in total. The summed E-state index contributed by atoms with van der Waals surface area (Å²) in [6.45, 7) is 0.346. The highest BCUT2D eigenvalue weighted by Gasteiger charge is 2.43. The van der Waals surface area contributed by atoms with E-state index in [2.05, 4.69) is 69.1 Å². The van der Waals surface area contributed by atoms with E-state index in [9.17, 15) is 112 Å². The van der Waals surface area contributed by atoms with E-state index in [1.807, 2.05) is 0 Å². The predicted molar refractivity (Wildman–Crippen MR) is 476 cm³/mol. The van der Waals surface area contributed by atoms with E-state index in [0.29, 0.717) is 16.7 Å². The molecular formula is C86H118N20O27S. The number of aliphatic hydroxyl groups excluding tert-OH is 1. The summed E-state index contributed by atoms with van der Waals surface area (Å²) in [6, 6.07) is 2.17. The molecule has 134 heavy (non-hydrogen) atoms. The number of aliphatic hydroxyl groups is 1. The molecule has 0 aliphatic carbocycles. The summed E-state index contributed by atoms with van der Waals surface area (Å²) in [4.78, 5) is 287. The zero-order valence-electron chi connectivity index (χ0n) is 73.6. The van der Waals surface area contributed by atoms with Gasteiger partial charge in [0.2, 0.25) is 106 Å². The summed E-state index contributed by atoms with van der Waals surface area (Å²) in [7, 11) is 0. The van der Waals surface area contributed by atoms with Gasteiger partial charge in [-0.15, -0.1) is 0 Å². The fourth-order valence-corrected chi connectivity index (χ4v) is 14.4. The summed E-state index contributed by atoms with van der Waals surface area (Å²) in [5, 5.41) is 92.3. The van der Waals surface area contributed by atoms with Crippen molar-refractivity contribution in [2.24, 2.45) is 34.4 Å². The first-order chi connectivity index (χ1) is 63.5. The molecule has 5 rings (SSSR count). The van der Waals surface area contributed by atoms with Crippen LogP contribution in [0.1, 0.15) is 132 Å². The molecule has 1 heterocycles. The third-order valence-corrected chi connectivity index (χ3v) is 21.6. The summed E-state index contributed by atoms with van der Waals surface area (Å²) in [6.07, 6.45) is -8.79. The minimum atomic E-state index is -1.98. The van der Waals surface area contributed by atoms with Crippen molar-refractivity contribution in [1.29, 1.82) is 0 Å². The predicted octanol–water partition coefficient (Wildman–Crippen LogP) is -7.02. The number of hydrogen-bond acceptors (Lipinski definition) is 27. The minimum Gasteiger partial charge on any atom is -0.508 e. The van der Waals surface area contributed by atoms with Crippen molar-refractivity contribution in [3.8, 4) is 11.5 Å². The van der Waals surface area contributed by atoms with Gasteiger partial charge >= 0.3 is 17.9 Å². The Bertz CT molecular complexity index is 4770. The topological polar surface area (TPSA) is 796 Å². The molecule has 4 aromatic carbocycles. The van der Waals surface area contributed by atoms with E-state index in [1.54, 1.807) is 66.9 Å². The lowest BCUT2D eigenvalue weighted by Crippen LogP contribution is -2.62. The number of unbranched alkanes of at least 4 members (excludes halogenated alkanes) is 1. The Morgan fingerprint density at radius 3 is 1.04 bits per heavy atom. The number of nitrogens with two attached hydrogens (primary N) is 6. The number of primary amides is 4. The van der Waals surface area contributed by atoms with Gasteiger partial charge in [-0.05, 0) is 136 Å². The number of benzene rings is 4. The van der Waals surface area contributed by atoms with Crippen LogP contribution in [0.5, 0.6) is 11.5 Å². The third kappa shape index (κ3) is 38.9. The molecule has 0 bridgehead atoms. The standard InChI is InChI=1S/C86H118N20O27S/c1-45(107)72(105-83(129)64-17-11-36-106(64)85(131)62(42-67(91)112)103-76(122)56(29-33-71(117)118)97-79(125)58(93-69(114)44-88)40-48-18-22-50(108)23-19-48)84(130)102-61(41-49-20-24-51(109)25-21-49)81(127)94-52(16-9-10-35-87)73(119)100-60(39-47-14-7-4-8-15-47)82(128)101-59(38-46-12-5-3-6-13-46)80(126)98-55(28-32-70(115)116)75(121)95-53(26-30-65(89)110)74(120)99-57(34-37-134-2)78(124)96-54(27-31-66(90)111)77(123)104-63(86(132)133)43-68(92)113/h3-8,12-15,18-25,45,52-64,72,107-109H,9-11,16-17,26-44,87-88H2,1-2H3,(H2,89,110)(H2,90,111)(H2,91,112)(H2,92,113)(H,93,114)(H,94,127)(H,95,121)(H,96,124)(H,97,125)(H,98,126)(H,99,120)(H,100,119)(H,101,128)(H,102,130)(H,103,122)(H,104,123)(H,105,129)(H,115,116)(H,117,118)(H,132,133)/t45?,52-,53-,54-,55-,56-,57-,58-,59-,60-,61-,62-,63-,64-,72-/m0/s1. The molecule has 1 saturated heterocycles. The average Bonchev–Trinajstić information content (AvgIpc) is 1.68. The van der Waals surface area contributed by atoms with Crippen molar-refractivity contribution >= 4 is 136 Å². The maximum atomic E-state index is 15.2. The first-order valence-electron chi connectivity index (χ1n) is 42.7. The Kier molecular flexibility index (Phi) is 46.3. The number of carbonyl (C=O) groups excluding carboxylic acids is 18. The molecule has 0 aromatic heterocycles. The van der Waals surface area contributed by atoms with Gasteiger partial charge in [0.1, 0.15) is 96.1 Å². The van der Waals surface area contributed by atoms with Gasteiger partial charge in [0.25, 0.3) is 0 Å². The highest BCUT2D eigenvalue weighted by atomic mass is 32.2. The lowest BCUT2D eigenvalue weighted by Gasteiger charge is -2.31. The molecule has 0 spiro atoms. The largest absolute Gasteiger partial charge is 0.508 e. The van der Waals surface area contributed by atoms with Crippen molar-refractivity contribution in [3.05, 3.63) is 131 Å². The molecule has 0 radical (unpaired) electrons. The number of carbonyl (C=O) groups is 21. The molecule has 18 amide bonds. The highest BCUT2D eigenvalue weighted by molar-refractivity contribution is 7.98. The van der Waals surface area contributed by atoms with Crippen molar-refractivity contribution in [3.63, 3.8) is 0 Å².